The van der Waals surface area contributed by atoms with Crippen molar-refractivity contribution in [3.8, 4) is 0 Å². The zero-order valence-corrected chi connectivity index (χ0v) is 25.1. The van der Waals surface area contributed by atoms with Gasteiger partial charge in [-0.25, -0.2) is 0 Å². The minimum absolute atomic E-state index is 0.481. The molecule has 0 aromatic rings. The van der Waals surface area contributed by atoms with Crippen molar-refractivity contribution in [2.24, 2.45) is 10.2 Å². The lowest BCUT2D eigenvalue weighted by Gasteiger charge is -2.27. The largest absolute Gasteiger partial charge is 0.394 e. The van der Waals surface area contributed by atoms with Gasteiger partial charge in [0.1, 0.15) is 36.6 Å². The van der Waals surface area contributed by atoms with E-state index in [9.17, 15) is 21.9 Å². The summed E-state index contributed by atoms with van der Waals surface area (Å²) in [5.74, 6) is -1.80. The molecule has 0 saturated carbocycles. The predicted octanol–water partition coefficient (Wildman–Crippen LogP) is -0.242. The first-order valence-electron chi connectivity index (χ1n) is 12.4. The van der Waals surface area contributed by atoms with Crippen molar-refractivity contribution in [2.45, 2.75) is 101 Å². The summed E-state index contributed by atoms with van der Waals surface area (Å²) in [5.41, 5.74) is 17.3. The molecular formula is C20H34N6O14S2. The number of rotatable bonds is 10. The van der Waals surface area contributed by atoms with Gasteiger partial charge in [0.05, 0.1) is 37.8 Å². The maximum atomic E-state index is 11.5. The van der Waals surface area contributed by atoms with E-state index in [1.807, 2.05) is 0 Å². The summed E-state index contributed by atoms with van der Waals surface area (Å²) in [5, 5.41) is 25.6. The molecule has 22 heteroatoms. The summed E-state index contributed by atoms with van der Waals surface area (Å²) in [4.78, 5) is 5.42. The first-order valence-corrected chi connectivity index (χ1v) is 16.0. The molecule has 20 nitrogen and oxygen atoms in total. The third kappa shape index (κ3) is 8.83. The zero-order valence-electron chi connectivity index (χ0n) is 23.5. The Morgan fingerprint density at radius 2 is 1.29 bits per heavy atom. The van der Waals surface area contributed by atoms with Crippen LogP contribution in [-0.2, 0) is 57.0 Å². The fourth-order valence-electron chi connectivity index (χ4n) is 4.74. The van der Waals surface area contributed by atoms with Crippen LogP contribution in [0.4, 0.5) is 0 Å². The molecular weight excluding hydrogens is 612 g/mol. The van der Waals surface area contributed by atoms with E-state index in [0.717, 1.165) is 12.5 Å². The molecule has 4 aliphatic heterocycles. The maximum Gasteiger partial charge on any atom is 0.264 e. The first-order chi connectivity index (χ1) is 19.3. The van der Waals surface area contributed by atoms with Crippen molar-refractivity contribution in [1.82, 2.24) is 0 Å². The van der Waals surface area contributed by atoms with E-state index in [0.29, 0.717) is 0 Å². The number of fused-ring (bicyclic) bond motifs is 2. The Bertz CT molecular complexity index is 1290. The van der Waals surface area contributed by atoms with Crippen molar-refractivity contribution in [1.29, 1.82) is 0 Å². The highest BCUT2D eigenvalue weighted by Crippen LogP contribution is 2.41. The van der Waals surface area contributed by atoms with Gasteiger partial charge < -0.3 is 38.6 Å². The van der Waals surface area contributed by atoms with E-state index in [2.05, 4.69) is 24.2 Å². The van der Waals surface area contributed by atoms with Crippen molar-refractivity contribution < 1.29 is 63.8 Å². The van der Waals surface area contributed by atoms with Gasteiger partial charge in [0, 0.05) is 9.82 Å². The monoisotopic (exact) mass is 646 g/mol. The Labute approximate surface area is 241 Å². The highest BCUT2D eigenvalue weighted by atomic mass is 32.2. The third-order valence-electron chi connectivity index (χ3n) is 6.15. The number of ether oxygens (including phenoxy) is 6. The Hall–Kier alpha value is -1.88. The van der Waals surface area contributed by atoms with Gasteiger partial charge in [0.2, 0.25) is 0 Å². The number of azide groups is 2. The second-order valence-corrected chi connectivity index (χ2v) is 13.9. The van der Waals surface area contributed by atoms with E-state index < -0.39 is 106 Å². The molecule has 4 fully saturated rings. The molecule has 0 radical (unpaired) electrons. The van der Waals surface area contributed by atoms with Crippen molar-refractivity contribution in [3.05, 3.63) is 20.9 Å². The normalized spacial score (nSPS) is 36.0. The Morgan fingerprint density at radius 3 is 1.69 bits per heavy atom. The van der Waals surface area contributed by atoms with Crippen LogP contribution < -0.4 is 0 Å². The maximum absolute atomic E-state index is 11.5. The molecule has 0 aliphatic carbocycles. The van der Waals surface area contributed by atoms with Crippen LogP contribution in [0.5, 0.6) is 0 Å². The molecule has 2 N–H and O–H groups in total. The number of aliphatic hydroxyl groups excluding tert-OH is 2. The number of hydrogen-bond donors (Lipinski definition) is 2. The molecule has 0 aromatic carbocycles. The highest BCUT2D eigenvalue weighted by Gasteiger charge is 2.57. The standard InChI is InChI=1S/C11H19N3O9S2.C9H15N3O5/c1-11(2)21-9-7(13-14-12)8(20-10(9)22-11)6(23-25(4,17)18)5-19-24(3,15)16;1-9(2)16-7-5(11-12-10)6(4(14)3-13)15-8(7)17-9/h6-10H,5H2,1-4H3;4-8,13-14H,3H2,1-2H3/t6-,7+,8-,9-,10-;4-,5+,6-,7-,8-/m11/s1. The van der Waals surface area contributed by atoms with Crippen molar-refractivity contribution in [3.63, 3.8) is 0 Å². The molecule has 10 atom stereocenters. The lowest BCUT2D eigenvalue weighted by molar-refractivity contribution is -0.217. The summed E-state index contributed by atoms with van der Waals surface area (Å²) in [7, 11) is -7.85. The fraction of sp³-hybridized carbons (Fsp3) is 1.00. The van der Waals surface area contributed by atoms with Gasteiger partial charge in [-0.3, -0.25) is 8.37 Å². The van der Waals surface area contributed by atoms with Gasteiger partial charge in [0.15, 0.2) is 24.2 Å². The van der Waals surface area contributed by atoms with Gasteiger partial charge in [-0.05, 0) is 38.8 Å². The zero-order chi connectivity index (χ0) is 31.7. The molecule has 0 amide bonds. The average Bonchev–Trinajstić information content (AvgIpc) is 3.52. The van der Waals surface area contributed by atoms with Gasteiger partial charge in [-0.15, -0.1) is 0 Å². The molecule has 0 bridgehead atoms. The van der Waals surface area contributed by atoms with Crippen molar-refractivity contribution in [2.75, 3.05) is 25.7 Å². The van der Waals surface area contributed by atoms with Gasteiger partial charge in [-0.1, -0.05) is 10.2 Å². The molecule has 4 rings (SSSR count). The molecule has 42 heavy (non-hydrogen) atoms. The number of aliphatic hydroxyl groups is 2. The summed E-state index contributed by atoms with van der Waals surface area (Å²) in [6.45, 7) is 5.57. The summed E-state index contributed by atoms with van der Waals surface area (Å²) < 4.78 is 88.0. The second kappa shape index (κ2) is 13.0. The molecule has 4 saturated heterocycles. The minimum Gasteiger partial charge on any atom is -0.394 e. The lowest BCUT2D eigenvalue weighted by atomic mass is 10.0. The van der Waals surface area contributed by atoms with Crippen LogP contribution in [0, 0.1) is 0 Å². The Kier molecular flexibility index (Phi) is 10.7. The Balaban J connectivity index is 0.000000247. The van der Waals surface area contributed by atoms with Crippen LogP contribution in [0.2, 0.25) is 0 Å². The number of nitrogens with zero attached hydrogens (tertiary/aromatic N) is 6. The molecule has 0 unspecified atom stereocenters. The topological polar surface area (TPSA) is 280 Å². The SMILES string of the molecule is CC1(C)O[C@H]2O[C@H]([C@@H](COS(C)(=O)=O)OS(C)(=O)=O)[C@H](N=[N+]=[N-])[C@H]2O1.CC1(C)O[C@H]2O[C@H]([C@H](O)CO)[C@H](N=[N+]=[N-])[C@H]2O1. The van der Waals surface area contributed by atoms with Crippen LogP contribution in [0.1, 0.15) is 27.7 Å². The Morgan fingerprint density at radius 1 is 0.833 bits per heavy atom. The van der Waals surface area contributed by atoms with Gasteiger partial charge in [0.25, 0.3) is 20.2 Å². The molecule has 4 heterocycles. The average molecular weight is 647 g/mol. The van der Waals surface area contributed by atoms with Crippen LogP contribution >= 0.6 is 0 Å². The highest BCUT2D eigenvalue weighted by molar-refractivity contribution is 7.86. The third-order valence-corrected chi connectivity index (χ3v) is 7.31. The fourth-order valence-corrected chi connectivity index (χ4v) is 5.73. The van der Waals surface area contributed by atoms with Gasteiger partial charge >= 0.3 is 0 Å². The minimum atomic E-state index is -3.98. The van der Waals surface area contributed by atoms with Crippen LogP contribution in [0.3, 0.4) is 0 Å². The summed E-state index contributed by atoms with van der Waals surface area (Å²) >= 11 is 0. The van der Waals surface area contributed by atoms with E-state index >= 15 is 0 Å². The molecule has 4 aliphatic rings. The van der Waals surface area contributed by atoms with E-state index in [4.69, 9.17) is 48.8 Å². The van der Waals surface area contributed by atoms with E-state index in [1.54, 1.807) is 27.7 Å². The molecule has 240 valence electrons. The van der Waals surface area contributed by atoms with Gasteiger partial charge in [-0.2, -0.15) is 16.8 Å². The van der Waals surface area contributed by atoms with Crippen LogP contribution in [0.15, 0.2) is 10.2 Å². The molecule has 0 spiro atoms. The number of hydrogen-bond acceptors (Lipinski definition) is 16. The quantitative estimate of drug-likeness (QED) is 0.134. The summed E-state index contributed by atoms with van der Waals surface area (Å²) in [6.07, 6.45) is -5.89. The lowest BCUT2D eigenvalue weighted by Crippen LogP contribution is -2.44. The molecule has 0 aromatic heterocycles. The predicted molar refractivity (Wildman–Crippen MR) is 137 cm³/mol. The smallest absolute Gasteiger partial charge is 0.264 e. The second-order valence-electron chi connectivity index (χ2n) is 10.6. The summed E-state index contributed by atoms with van der Waals surface area (Å²) in [6, 6.07) is -1.72. The first kappa shape index (κ1) is 34.6. The van der Waals surface area contributed by atoms with Crippen LogP contribution in [0.25, 0.3) is 20.9 Å². The van der Waals surface area contributed by atoms with E-state index in [-0.39, 0.29) is 0 Å². The van der Waals surface area contributed by atoms with Crippen LogP contribution in [-0.4, -0.2) is 126 Å². The van der Waals surface area contributed by atoms with E-state index in [1.165, 1.54) is 0 Å². The van der Waals surface area contributed by atoms with Crippen molar-refractivity contribution >= 4 is 20.2 Å².